The number of esters is 1. The van der Waals surface area contributed by atoms with Crippen molar-refractivity contribution in [2.24, 2.45) is 0 Å². The highest BCUT2D eigenvalue weighted by atomic mass is 32.2. The van der Waals surface area contributed by atoms with Gasteiger partial charge in [-0.1, -0.05) is 30.7 Å². The van der Waals surface area contributed by atoms with E-state index < -0.39 is 10.0 Å². The van der Waals surface area contributed by atoms with E-state index in [1.165, 1.54) is 0 Å². The molecule has 1 heterocycles. The van der Waals surface area contributed by atoms with Gasteiger partial charge in [0.1, 0.15) is 0 Å². The number of nitrogens with zero attached hydrogens (tertiary/aromatic N) is 1. The topological polar surface area (TPSA) is 92.8 Å². The maximum absolute atomic E-state index is 12.7. The first-order chi connectivity index (χ1) is 15.4. The molecule has 1 N–H and O–H groups in total. The molecule has 0 spiro atoms. The molecule has 0 atom stereocenters. The van der Waals surface area contributed by atoms with E-state index in [0.717, 1.165) is 30.4 Å². The minimum absolute atomic E-state index is 0.131. The van der Waals surface area contributed by atoms with Crippen LogP contribution in [0, 0.1) is 0 Å². The number of anilines is 1. The van der Waals surface area contributed by atoms with Crippen molar-refractivity contribution in [1.29, 1.82) is 0 Å². The summed E-state index contributed by atoms with van der Waals surface area (Å²) in [7, 11) is -3.44. The number of aryl methyl sites for hydroxylation is 1. The quantitative estimate of drug-likeness (QED) is 0.580. The molecule has 1 saturated heterocycles. The second-order valence-electron chi connectivity index (χ2n) is 7.84. The number of rotatable bonds is 9. The summed E-state index contributed by atoms with van der Waals surface area (Å²) in [5, 5.41) is 2.84. The third kappa shape index (κ3) is 6.64. The van der Waals surface area contributed by atoms with Gasteiger partial charge in [-0.05, 0) is 61.6 Å². The number of hydrogen-bond acceptors (Lipinski definition) is 5. The number of ether oxygens (including phenoxy) is 1. The van der Waals surface area contributed by atoms with E-state index >= 15 is 0 Å². The highest BCUT2D eigenvalue weighted by Gasteiger charge is 2.25. The molecule has 0 radical (unpaired) electrons. The lowest BCUT2D eigenvalue weighted by molar-refractivity contribution is -0.142. The molecule has 2 aromatic rings. The predicted octanol–water partition coefficient (Wildman–Crippen LogP) is 3.54. The van der Waals surface area contributed by atoms with Crippen LogP contribution in [0.4, 0.5) is 5.69 Å². The Morgan fingerprint density at radius 2 is 1.56 bits per heavy atom. The first-order valence-electron chi connectivity index (χ1n) is 11.0. The Hall–Kier alpha value is -2.71. The maximum atomic E-state index is 12.7. The Kier molecular flexibility index (Phi) is 8.41. The van der Waals surface area contributed by atoms with E-state index in [2.05, 4.69) is 5.32 Å². The summed E-state index contributed by atoms with van der Waals surface area (Å²) in [6, 6.07) is 13.9. The standard InChI is InChI=1S/C24H30N2O5S/c1-2-31-24(28)18-20-6-11-21(12-7-20)25-23(27)15-10-19-8-13-22(14-9-19)32(29,30)26-16-4-3-5-17-26/h6-9,11-14H,2-5,10,15-18H2,1H3,(H,25,27). The summed E-state index contributed by atoms with van der Waals surface area (Å²) < 4.78 is 31.9. The molecule has 0 unspecified atom stereocenters. The first-order valence-corrected chi connectivity index (χ1v) is 12.5. The van der Waals surface area contributed by atoms with Gasteiger partial charge in [0.25, 0.3) is 0 Å². The smallest absolute Gasteiger partial charge is 0.310 e. The zero-order valence-corrected chi connectivity index (χ0v) is 19.2. The normalized spacial score (nSPS) is 14.7. The van der Waals surface area contributed by atoms with Crippen molar-refractivity contribution < 1.29 is 22.7 Å². The largest absolute Gasteiger partial charge is 0.466 e. The molecule has 1 fully saturated rings. The summed E-state index contributed by atoms with van der Waals surface area (Å²) in [4.78, 5) is 24.1. The maximum Gasteiger partial charge on any atom is 0.310 e. The Morgan fingerprint density at radius 1 is 0.938 bits per heavy atom. The lowest BCUT2D eigenvalue weighted by Gasteiger charge is -2.25. The molecule has 32 heavy (non-hydrogen) atoms. The van der Waals surface area contributed by atoms with Crippen molar-refractivity contribution >= 4 is 27.6 Å². The molecule has 0 aliphatic carbocycles. The van der Waals surface area contributed by atoms with Crippen LogP contribution in [0.3, 0.4) is 0 Å². The summed E-state index contributed by atoms with van der Waals surface area (Å²) in [5.41, 5.74) is 2.38. The van der Waals surface area contributed by atoms with E-state index in [4.69, 9.17) is 4.74 Å². The number of amides is 1. The second-order valence-corrected chi connectivity index (χ2v) is 9.77. The van der Waals surface area contributed by atoms with E-state index in [1.807, 2.05) is 0 Å². The number of carbonyl (C=O) groups is 2. The predicted molar refractivity (Wildman–Crippen MR) is 123 cm³/mol. The van der Waals surface area contributed by atoms with Crippen LogP contribution in [0.25, 0.3) is 0 Å². The van der Waals surface area contributed by atoms with Gasteiger partial charge < -0.3 is 10.1 Å². The van der Waals surface area contributed by atoms with Crippen LogP contribution in [0.2, 0.25) is 0 Å². The molecule has 1 amide bonds. The molecule has 0 saturated carbocycles. The van der Waals surface area contributed by atoms with Gasteiger partial charge in [0, 0.05) is 25.2 Å². The third-order valence-corrected chi connectivity index (χ3v) is 7.32. The lowest BCUT2D eigenvalue weighted by Crippen LogP contribution is -2.35. The highest BCUT2D eigenvalue weighted by molar-refractivity contribution is 7.89. The summed E-state index contributed by atoms with van der Waals surface area (Å²) >= 11 is 0. The van der Waals surface area contributed by atoms with Crippen molar-refractivity contribution in [2.45, 2.75) is 50.3 Å². The minimum atomic E-state index is -3.44. The number of carbonyl (C=O) groups excluding carboxylic acids is 2. The van der Waals surface area contributed by atoms with Gasteiger partial charge in [-0.3, -0.25) is 9.59 Å². The zero-order chi connectivity index (χ0) is 23.0. The fraction of sp³-hybridized carbons (Fsp3) is 0.417. The third-order valence-electron chi connectivity index (χ3n) is 5.41. The first kappa shape index (κ1) is 23.9. The van der Waals surface area contributed by atoms with Gasteiger partial charge in [0.15, 0.2) is 0 Å². The van der Waals surface area contributed by atoms with Crippen LogP contribution < -0.4 is 5.32 Å². The van der Waals surface area contributed by atoms with Crippen LogP contribution in [0.15, 0.2) is 53.4 Å². The van der Waals surface area contributed by atoms with E-state index in [-0.39, 0.29) is 24.7 Å². The number of sulfonamides is 1. The molecule has 8 heteroatoms. The minimum Gasteiger partial charge on any atom is -0.466 e. The Bertz CT molecular complexity index is 1010. The Labute approximate surface area is 189 Å². The summed E-state index contributed by atoms with van der Waals surface area (Å²) in [6.45, 7) is 3.27. The fourth-order valence-electron chi connectivity index (χ4n) is 3.65. The highest BCUT2D eigenvalue weighted by Crippen LogP contribution is 2.21. The van der Waals surface area contributed by atoms with Crippen molar-refractivity contribution in [3.05, 3.63) is 59.7 Å². The van der Waals surface area contributed by atoms with Gasteiger partial charge in [-0.2, -0.15) is 4.31 Å². The summed E-state index contributed by atoms with van der Waals surface area (Å²) in [6.07, 6.45) is 3.87. The Morgan fingerprint density at radius 3 is 2.19 bits per heavy atom. The van der Waals surface area contributed by atoms with Crippen LogP contribution in [-0.2, 0) is 37.2 Å². The van der Waals surface area contributed by atoms with Gasteiger partial charge in [0.05, 0.1) is 17.9 Å². The lowest BCUT2D eigenvalue weighted by atomic mass is 10.1. The number of benzene rings is 2. The monoisotopic (exact) mass is 458 g/mol. The average molecular weight is 459 g/mol. The molecule has 7 nitrogen and oxygen atoms in total. The summed E-state index contributed by atoms with van der Waals surface area (Å²) in [5.74, 6) is -0.410. The van der Waals surface area contributed by atoms with E-state index in [0.29, 0.717) is 36.7 Å². The van der Waals surface area contributed by atoms with E-state index in [1.54, 1.807) is 59.8 Å². The van der Waals surface area contributed by atoms with Gasteiger partial charge in [-0.15, -0.1) is 0 Å². The zero-order valence-electron chi connectivity index (χ0n) is 18.4. The number of hydrogen-bond donors (Lipinski definition) is 1. The molecule has 0 bridgehead atoms. The molecule has 2 aromatic carbocycles. The van der Waals surface area contributed by atoms with Crippen molar-refractivity contribution in [3.8, 4) is 0 Å². The molecule has 3 rings (SSSR count). The second kappa shape index (κ2) is 11.2. The SMILES string of the molecule is CCOC(=O)Cc1ccc(NC(=O)CCc2ccc(S(=O)(=O)N3CCCCC3)cc2)cc1. The van der Waals surface area contributed by atoms with Crippen LogP contribution in [0.1, 0.15) is 43.7 Å². The van der Waals surface area contributed by atoms with Crippen molar-refractivity contribution in [2.75, 3.05) is 25.0 Å². The van der Waals surface area contributed by atoms with E-state index in [9.17, 15) is 18.0 Å². The average Bonchev–Trinajstić information content (AvgIpc) is 2.80. The number of piperidine rings is 1. The van der Waals surface area contributed by atoms with Crippen LogP contribution >= 0.6 is 0 Å². The Balaban J connectivity index is 1.49. The van der Waals surface area contributed by atoms with Crippen LogP contribution in [-0.4, -0.2) is 44.3 Å². The van der Waals surface area contributed by atoms with Gasteiger partial charge >= 0.3 is 5.97 Å². The fourth-order valence-corrected chi connectivity index (χ4v) is 5.17. The molecule has 1 aliphatic heterocycles. The molecule has 0 aromatic heterocycles. The van der Waals surface area contributed by atoms with Gasteiger partial charge in [-0.25, -0.2) is 8.42 Å². The molecular formula is C24H30N2O5S. The van der Waals surface area contributed by atoms with Gasteiger partial charge in [0.2, 0.25) is 15.9 Å². The number of nitrogens with one attached hydrogen (secondary N) is 1. The van der Waals surface area contributed by atoms with Crippen LogP contribution in [0.5, 0.6) is 0 Å². The molecular weight excluding hydrogens is 428 g/mol. The van der Waals surface area contributed by atoms with Crippen molar-refractivity contribution in [1.82, 2.24) is 4.31 Å². The molecule has 1 aliphatic rings. The van der Waals surface area contributed by atoms with Crippen molar-refractivity contribution in [3.63, 3.8) is 0 Å². The molecule has 172 valence electrons.